The van der Waals surface area contributed by atoms with E-state index >= 15 is 0 Å². The molecule has 7 aromatic heterocycles. The Labute approximate surface area is 741 Å². The molecule has 0 spiro atoms. The maximum atomic E-state index is 5.33. The predicted molar refractivity (Wildman–Crippen MR) is 536 cm³/mol. The molecule has 7 heterocycles. The van der Waals surface area contributed by atoms with Gasteiger partial charge in [-0.2, -0.15) is 0 Å². The number of nitrogens with zero attached hydrogens (tertiary/aromatic N) is 9. The molecule has 0 aliphatic carbocycles. The molecule has 0 aliphatic heterocycles. The van der Waals surface area contributed by atoms with Gasteiger partial charge < -0.3 is 0 Å². The second-order valence-corrected chi connectivity index (χ2v) is 33.4. The van der Waals surface area contributed by atoms with Gasteiger partial charge in [0.15, 0.2) is 0 Å². The van der Waals surface area contributed by atoms with Gasteiger partial charge in [0.1, 0.15) is 0 Å². The Morgan fingerprint density at radius 2 is 0.609 bits per heavy atom. The van der Waals surface area contributed by atoms with Gasteiger partial charge in [-0.3, -0.25) is 13.7 Å². The third-order valence-corrected chi connectivity index (χ3v) is 26.1. The first-order valence-corrected chi connectivity index (χ1v) is 44.0. The molecule has 128 heavy (non-hydrogen) atoms. The summed E-state index contributed by atoms with van der Waals surface area (Å²) in [7, 11) is 0. The average molecular weight is 1650 g/mol. The van der Waals surface area contributed by atoms with Gasteiger partial charge in [0.25, 0.3) is 0 Å². The number of para-hydroxylation sites is 3. The number of aromatic nitrogens is 9. The number of hydrogen-bond donors (Lipinski definition) is 0. The smallest absolute Gasteiger partial charge is 0.235 e. The van der Waals surface area contributed by atoms with E-state index in [1.165, 1.54) is 124 Å². The van der Waals surface area contributed by atoms with Crippen LogP contribution in [0.1, 0.15) is 0 Å². The Bertz CT molecular complexity index is 8810. The Morgan fingerprint density at radius 3 is 1.22 bits per heavy atom. The molecule has 26 rings (SSSR count). The highest BCUT2D eigenvalue weighted by molar-refractivity contribution is 7.26. The third kappa shape index (κ3) is 13.2. The first-order valence-electron chi connectivity index (χ1n) is 43.2. The minimum absolute atomic E-state index is 0.661. The molecule has 0 unspecified atom stereocenters. The summed E-state index contributed by atoms with van der Waals surface area (Å²) in [5.41, 5.74) is 26.3. The van der Waals surface area contributed by atoms with E-state index in [1.54, 1.807) is 0 Å². The molecule has 0 saturated heterocycles. The SMILES string of the molecule is c1ccc(-c2ccc3c(c2)c2c4ccccc4c(-c4ccccc4)cc2n3-c2nc(-c3ccccc3)c3ccccc3n2)cc1.c1ccc(-c2ccc3c(c2)c2c4ccccc4ccc2n3-c2nc(-c3ccccc3)c3ccccc3n2)cc1.c1ccc(-c2cccc(-c3ccc4c5ccccc5n(-c5nccc(-c6cccc7c6sc6ccccc67)n5)c4c3)c2)cc1. The monoisotopic (exact) mass is 1650 g/mol. The lowest BCUT2D eigenvalue weighted by Gasteiger charge is -2.13. The van der Waals surface area contributed by atoms with Crippen LogP contribution in [0.3, 0.4) is 0 Å². The summed E-state index contributed by atoms with van der Waals surface area (Å²) in [6, 6.07) is 159. The highest BCUT2D eigenvalue weighted by Crippen LogP contribution is 2.47. The van der Waals surface area contributed by atoms with Gasteiger partial charge in [0, 0.05) is 86.1 Å². The van der Waals surface area contributed by atoms with E-state index in [4.69, 9.17) is 29.9 Å². The molecule has 26 aromatic rings. The average Bonchev–Trinajstić information content (AvgIpc) is 1.65. The van der Waals surface area contributed by atoms with Crippen molar-refractivity contribution in [3.05, 3.63) is 455 Å². The van der Waals surface area contributed by atoms with Gasteiger partial charge in [-0.05, 0) is 156 Å². The number of thiophene rings is 1. The van der Waals surface area contributed by atoms with E-state index < -0.39 is 0 Å². The summed E-state index contributed by atoms with van der Waals surface area (Å²) in [6.45, 7) is 0. The molecule has 0 radical (unpaired) electrons. The van der Waals surface area contributed by atoms with Crippen LogP contribution in [0, 0.1) is 0 Å². The van der Waals surface area contributed by atoms with Crippen molar-refractivity contribution in [2.75, 3.05) is 0 Å². The topological polar surface area (TPSA) is 92.1 Å². The van der Waals surface area contributed by atoms with Crippen molar-refractivity contribution in [2.24, 2.45) is 0 Å². The summed E-state index contributed by atoms with van der Waals surface area (Å²) in [5, 5.41) is 16.7. The summed E-state index contributed by atoms with van der Waals surface area (Å²) in [6.07, 6.45) is 1.89. The maximum Gasteiger partial charge on any atom is 0.235 e. The highest BCUT2D eigenvalue weighted by atomic mass is 32.1. The zero-order chi connectivity index (χ0) is 84.5. The first kappa shape index (κ1) is 74.9. The van der Waals surface area contributed by atoms with Crippen molar-refractivity contribution in [3.63, 3.8) is 0 Å². The fourth-order valence-electron chi connectivity index (χ4n) is 19.0. The number of rotatable bonds is 11. The molecule has 19 aromatic carbocycles. The summed E-state index contributed by atoms with van der Waals surface area (Å²) < 4.78 is 9.24. The largest absolute Gasteiger partial charge is 0.278 e. The van der Waals surface area contributed by atoms with Crippen molar-refractivity contribution in [1.82, 2.24) is 43.6 Å². The van der Waals surface area contributed by atoms with Gasteiger partial charge in [0.05, 0.1) is 61.2 Å². The van der Waals surface area contributed by atoms with Crippen LogP contribution in [0.25, 0.3) is 236 Å². The van der Waals surface area contributed by atoms with Crippen LogP contribution in [0.2, 0.25) is 0 Å². The number of benzene rings is 19. The number of fused-ring (bicyclic) bond motifs is 18. The molecule has 0 aliphatic rings. The van der Waals surface area contributed by atoms with E-state index in [0.29, 0.717) is 17.8 Å². The fraction of sp³-hybridized carbons (Fsp3) is 0. The van der Waals surface area contributed by atoms with Gasteiger partial charge in [0.2, 0.25) is 17.8 Å². The minimum atomic E-state index is 0.661. The summed E-state index contributed by atoms with van der Waals surface area (Å²) in [4.78, 5) is 31.0. The number of hydrogen-bond acceptors (Lipinski definition) is 7. The molecule has 598 valence electrons. The van der Waals surface area contributed by atoms with Crippen molar-refractivity contribution < 1.29 is 0 Å². The van der Waals surface area contributed by atoms with Crippen molar-refractivity contribution >= 4 is 140 Å². The van der Waals surface area contributed by atoms with Crippen LogP contribution in [-0.2, 0) is 0 Å². The van der Waals surface area contributed by atoms with Crippen molar-refractivity contribution in [2.45, 2.75) is 0 Å². The van der Waals surface area contributed by atoms with E-state index in [0.717, 1.165) is 94.2 Å². The van der Waals surface area contributed by atoms with Gasteiger partial charge >= 0.3 is 0 Å². The lowest BCUT2D eigenvalue weighted by atomic mass is 9.94. The normalized spacial score (nSPS) is 11.6. The molecule has 0 saturated carbocycles. The molecule has 0 bridgehead atoms. The zero-order valence-corrected chi connectivity index (χ0v) is 70.1. The molecular weight excluding hydrogens is 1580 g/mol. The second-order valence-electron chi connectivity index (χ2n) is 32.3. The van der Waals surface area contributed by atoms with Crippen molar-refractivity contribution in [1.29, 1.82) is 0 Å². The van der Waals surface area contributed by atoms with Gasteiger partial charge in [-0.1, -0.05) is 370 Å². The van der Waals surface area contributed by atoms with Crippen molar-refractivity contribution in [3.8, 4) is 107 Å². The van der Waals surface area contributed by atoms with Gasteiger partial charge in [-0.25, -0.2) is 29.9 Å². The Kier molecular flexibility index (Phi) is 18.6. The second kappa shape index (κ2) is 31.8. The van der Waals surface area contributed by atoms with E-state index in [-0.39, 0.29) is 0 Å². The summed E-state index contributed by atoms with van der Waals surface area (Å²) in [5.74, 6) is 2.01. The molecule has 0 fully saturated rings. The standard InChI is InChI=1S/C42H27N3.C40H25N3S.C36H23N3/c1-4-14-28(15-5-1)31-24-25-38-36(26-31)40-33-21-11-10-20-32(33)35(29-16-6-2-7-17-29)27-39(40)45(38)42-43-37-23-13-12-22-34(37)41(44-42)30-18-8-3-9-19-30;1-2-10-26(11-3-1)27-12-8-13-28(24-27)29-20-21-31-30-14-4-6-18-36(30)43(37(31)25-29)40-41-23-22-35(42-40)34-17-9-16-33-32-15-5-7-19-38(32)44-39(33)34;1-3-11-24(12-4-1)27-20-21-32-30(23-27)34-28-16-8-7-13-25(28)19-22-33(34)39(32)36-37-31-18-10-9-17-29(31)35(38-36)26-14-5-2-6-15-26/h1-27H;1-25H;1-23H. The van der Waals surface area contributed by atoms with E-state index in [9.17, 15) is 0 Å². The van der Waals surface area contributed by atoms with Crippen LogP contribution in [0.4, 0.5) is 0 Å². The fourth-order valence-corrected chi connectivity index (χ4v) is 20.2. The zero-order valence-electron chi connectivity index (χ0n) is 69.2. The maximum absolute atomic E-state index is 5.33. The predicted octanol–water partition coefficient (Wildman–Crippen LogP) is 31.0. The Morgan fingerprint density at radius 1 is 0.195 bits per heavy atom. The quantitative estimate of drug-likeness (QED) is 0.128. The Balaban J connectivity index is 0.000000107. The summed E-state index contributed by atoms with van der Waals surface area (Å²) >= 11 is 1.82. The third-order valence-electron chi connectivity index (χ3n) is 24.9. The van der Waals surface area contributed by atoms with E-state index in [2.05, 4.69) is 432 Å². The highest BCUT2D eigenvalue weighted by Gasteiger charge is 2.25. The van der Waals surface area contributed by atoms with Crippen LogP contribution in [0.15, 0.2) is 455 Å². The molecule has 10 heteroatoms. The molecule has 0 amide bonds. The van der Waals surface area contributed by atoms with Crippen LogP contribution in [0.5, 0.6) is 0 Å². The lowest BCUT2D eigenvalue weighted by Crippen LogP contribution is -2.03. The molecule has 0 atom stereocenters. The molecular formula is C118H75N9S. The van der Waals surface area contributed by atoms with Crippen LogP contribution >= 0.6 is 11.3 Å². The van der Waals surface area contributed by atoms with E-state index in [1.807, 2.05) is 47.9 Å². The van der Waals surface area contributed by atoms with Crippen LogP contribution in [-0.4, -0.2) is 43.6 Å². The molecule has 9 nitrogen and oxygen atoms in total. The Hall–Kier alpha value is -16.9. The van der Waals surface area contributed by atoms with Crippen LogP contribution < -0.4 is 0 Å². The van der Waals surface area contributed by atoms with Gasteiger partial charge in [-0.15, -0.1) is 11.3 Å². The lowest BCUT2D eigenvalue weighted by molar-refractivity contribution is 0.993. The molecule has 0 N–H and O–H groups in total. The first-order chi connectivity index (χ1) is 63.5. The minimum Gasteiger partial charge on any atom is -0.278 e.